The second-order valence-corrected chi connectivity index (χ2v) is 4.54. The smallest absolute Gasteiger partial charge is 0.103 e. The highest BCUT2D eigenvalue weighted by molar-refractivity contribution is 5.87. The fourth-order valence-electron chi connectivity index (χ4n) is 2.73. The zero-order chi connectivity index (χ0) is 10.3. The number of benzene rings is 1. The molecule has 2 heteroatoms. The van der Waals surface area contributed by atoms with Gasteiger partial charge in [-0.2, -0.15) is 0 Å². The first-order chi connectivity index (χ1) is 7.34. The molecular weight excluding hydrogens is 184 g/mol. The second kappa shape index (κ2) is 3.37. The van der Waals surface area contributed by atoms with Crippen molar-refractivity contribution >= 4 is 5.84 Å². The maximum Gasteiger partial charge on any atom is 0.103 e. The van der Waals surface area contributed by atoms with Crippen molar-refractivity contribution in [3.8, 4) is 0 Å². The average Bonchev–Trinajstić information content (AvgIpc) is 2.82. The number of hydrogen-bond donors (Lipinski definition) is 0. The van der Waals surface area contributed by atoms with Gasteiger partial charge in [0.25, 0.3) is 0 Å². The molecule has 2 aliphatic rings. The Balaban J connectivity index is 1.84. The Labute approximate surface area is 90.6 Å². The van der Waals surface area contributed by atoms with E-state index in [1.165, 1.54) is 29.8 Å². The van der Waals surface area contributed by atoms with Gasteiger partial charge in [0, 0.05) is 19.5 Å². The molecule has 0 saturated carbocycles. The van der Waals surface area contributed by atoms with Crippen LogP contribution in [-0.4, -0.2) is 30.9 Å². The Bertz CT molecular complexity index is 384. The maximum atomic E-state index is 4.62. The summed E-state index contributed by atoms with van der Waals surface area (Å²) in [6.07, 6.45) is 2.36. The molecule has 2 nitrogen and oxygen atoms in total. The van der Waals surface area contributed by atoms with E-state index < -0.39 is 0 Å². The predicted octanol–water partition coefficient (Wildman–Crippen LogP) is 1.75. The molecule has 0 N–H and O–H groups in total. The summed E-state index contributed by atoms with van der Waals surface area (Å²) in [5, 5.41) is 0. The van der Waals surface area contributed by atoms with Crippen LogP contribution in [0.15, 0.2) is 29.3 Å². The minimum Gasteiger partial charge on any atom is -0.361 e. The molecule has 0 unspecified atom stereocenters. The molecule has 78 valence electrons. The van der Waals surface area contributed by atoms with E-state index in [4.69, 9.17) is 0 Å². The van der Waals surface area contributed by atoms with Crippen molar-refractivity contribution in [1.29, 1.82) is 0 Å². The lowest BCUT2D eigenvalue weighted by molar-refractivity contribution is 0.515. The summed E-state index contributed by atoms with van der Waals surface area (Å²) < 4.78 is 0. The molecule has 3 rings (SSSR count). The number of hydrogen-bond acceptors (Lipinski definition) is 2. The summed E-state index contributed by atoms with van der Waals surface area (Å²) in [5.41, 5.74) is 3.04. The van der Waals surface area contributed by atoms with Crippen LogP contribution in [0.1, 0.15) is 11.1 Å². The summed E-state index contributed by atoms with van der Waals surface area (Å²) in [7, 11) is 2.16. The summed E-state index contributed by atoms with van der Waals surface area (Å²) in [5.74, 6) is 1.96. The molecule has 1 aliphatic carbocycles. The van der Waals surface area contributed by atoms with Gasteiger partial charge in [0.2, 0.25) is 0 Å². The van der Waals surface area contributed by atoms with Crippen molar-refractivity contribution in [2.75, 3.05) is 20.1 Å². The van der Waals surface area contributed by atoms with E-state index in [9.17, 15) is 0 Å². The van der Waals surface area contributed by atoms with Gasteiger partial charge in [-0.05, 0) is 24.0 Å². The largest absolute Gasteiger partial charge is 0.361 e. The van der Waals surface area contributed by atoms with Gasteiger partial charge in [0.05, 0.1) is 6.54 Å². The first-order valence-corrected chi connectivity index (χ1v) is 5.67. The van der Waals surface area contributed by atoms with Crippen molar-refractivity contribution in [1.82, 2.24) is 4.90 Å². The second-order valence-electron chi connectivity index (χ2n) is 4.54. The Hall–Kier alpha value is -1.31. The number of likely N-dealkylation sites (N-methyl/N-ethyl adjacent to an activating group) is 1. The van der Waals surface area contributed by atoms with Gasteiger partial charge in [-0.15, -0.1) is 0 Å². The van der Waals surface area contributed by atoms with Crippen molar-refractivity contribution in [3.05, 3.63) is 35.4 Å². The molecular formula is C13H16N2. The van der Waals surface area contributed by atoms with E-state index in [2.05, 4.69) is 41.2 Å². The van der Waals surface area contributed by atoms with Crippen LogP contribution < -0.4 is 0 Å². The fourth-order valence-corrected chi connectivity index (χ4v) is 2.73. The lowest BCUT2D eigenvalue weighted by Gasteiger charge is -2.18. The van der Waals surface area contributed by atoms with Gasteiger partial charge < -0.3 is 4.90 Å². The zero-order valence-electron chi connectivity index (χ0n) is 9.11. The molecule has 1 aromatic carbocycles. The summed E-state index contributed by atoms with van der Waals surface area (Å²) in [4.78, 5) is 6.94. The Morgan fingerprint density at radius 3 is 2.40 bits per heavy atom. The van der Waals surface area contributed by atoms with Gasteiger partial charge in [-0.25, -0.2) is 0 Å². The van der Waals surface area contributed by atoms with E-state index in [-0.39, 0.29) is 0 Å². The predicted molar refractivity (Wildman–Crippen MR) is 62.3 cm³/mol. The van der Waals surface area contributed by atoms with Gasteiger partial charge in [-0.3, -0.25) is 4.99 Å². The lowest BCUT2D eigenvalue weighted by Crippen LogP contribution is -2.29. The van der Waals surface area contributed by atoms with Crippen molar-refractivity contribution in [2.45, 2.75) is 12.8 Å². The first kappa shape index (κ1) is 8.96. The number of aliphatic imine (C=N–C) groups is 1. The Morgan fingerprint density at radius 1 is 1.20 bits per heavy atom. The minimum absolute atomic E-state index is 0.634. The van der Waals surface area contributed by atoms with Gasteiger partial charge in [-0.1, -0.05) is 24.3 Å². The lowest BCUT2D eigenvalue weighted by atomic mass is 10.0. The maximum absolute atomic E-state index is 4.62. The number of rotatable bonds is 1. The number of nitrogens with zero attached hydrogens (tertiary/aromatic N) is 2. The highest BCUT2D eigenvalue weighted by atomic mass is 15.2. The molecule has 0 spiro atoms. The molecule has 0 aromatic heterocycles. The fraction of sp³-hybridized carbons (Fsp3) is 0.462. The van der Waals surface area contributed by atoms with E-state index in [0.717, 1.165) is 13.1 Å². The van der Waals surface area contributed by atoms with Crippen LogP contribution in [0.3, 0.4) is 0 Å². The van der Waals surface area contributed by atoms with Crippen molar-refractivity contribution in [3.63, 3.8) is 0 Å². The summed E-state index contributed by atoms with van der Waals surface area (Å²) in [6.45, 7) is 2.08. The van der Waals surface area contributed by atoms with Crippen LogP contribution in [0.25, 0.3) is 0 Å². The van der Waals surface area contributed by atoms with Crippen LogP contribution in [0, 0.1) is 5.92 Å². The van der Waals surface area contributed by atoms with Gasteiger partial charge in [0.15, 0.2) is 0 Å². The van der Waals surface area contributed by atoms with Gasteiger partial charge >= 0.3 is 0 Å². The van der Waals surface area contributed by atoms with E-state index in [1.54, 1.807) is 0 Å². The molecule has 0 fully saturated rings. The number of amidine groups is 1. The third-order valence-corrected chi connectivity index (χ3v) is 3.52. The standard InChI is InChI=1S/C13H16N2/c1-15-7-6-14-13(15)12-8-10-4-2-3-5-11(10)9-12/h2-5,12H,6-9H2,1H3. The average molecular weight is 200 g/mol. The molecule has 1 aromatic rings. The SMILES string of the molecule is CN1CCN=C1C1Cc2ccccc2C1. The van der Waals surface area contributed by atoms with E-state index >= 15 is 0 Å². The molecule has 1 aliphatic heterocycles. The van der Waals surface area contributed by atoms with Crippen molar-refractivity contribution in [2.24, 2.45) is 10.9 Å². The quantitative estimate of drug-likeness (QED) is 0.674. The molecule has 0 saturated heterocycles. The van der Waals surface area contributed by atoms with Crippen LogP contribution in [0.2, 0.25) is 0 Å². The van der Waals surface area contributed by atoms with Crippen LogP contribution in [0.5, 0.6) is 0 Å². The normalized spacial score (nSPS) is 20.6. The van der Waals surface area contributed by atoms with Crippen LogP contribution in [0.4, 0.5) is 0 Å². The zero-order valence-corrected chi connectivity index (χ0v) is 9.11. The van der Waals surface area contributed by atoms with E-state index in [0.29, 0.717) is 5.92 Å². The summed E-state index contributed by atoms with van der Waals surface area (Å²) >= 11 is 0. The first-order valence-electron chi connectivity index (χ1n) is 5.67. The van der Waals surface area contributed by atoms with Crippen molar-refractivity contribution < 1.29 is 0 Å². The van der Waals surface area contributed by atoms with E-state index in [1.807, 2.05) is 0 Å². The third kappa shape index (κ3) is 1.44. The molecule has 0 bridgehead atoms. The Kier molecular flexibility index (Phi) is 2.01. The molecule has 0 atom stereocenters. The van der Waals surface area contributed by atoms with Crippen LogP contribution in [-0.2, 0) is 12.8 Å². The Morgan fingerprint density at radius 2 is 1.87 bits per heavy atom. The van der Waals surface area contributed by atoms with Crippen LogP contribution >= 0.6 is 0 Å². The molecule has 15 heavy (non-hydrogen) atoms. The number of fused-ring (bicyclic) bond motifs is 1. The topological polar surface area (TPSA) is 15.6 Å². The van der Waals surface area contributed by atoms with Gasteiger partial charge in [0.1, 0.15) is 5.84 Å². The molecule has 0 amide bonds. The molecule has 0 radical (unpaired) electrons. The molecule has 1 heterocycles. The highest BCUT2D eigenvalue weighted by Gasteiger charge is 2.28. The minimum atomic E-state index is 0.634. The monoisotopic (exact) mass is 200 g/mol. The summed E-state index contributed by atoms with van der Waals surface area (Å²) in [6, 6.07) is 8.79. The third-order valence-electron chi connectivity index (χ3n) is 3.52. The highest BCUT2D eigenvalue weighted by Crippen LogP contribution is 2.28.